The van der Waals surface area contributed by atoms with Gasteiger partial charge in [0.05, 0.1) is 11.0 Å². The van der Waals surface area contributed by atoms with Crippen LogP contribution in [0.1, 0.15) is 25.3 Å². The van der Waals surface area contributed by atoms with Crippen LogP contribution in [0.2, 0.25) is 0 Å². The average molecular weight is 265 g/mol. The fraction of sp³-hybridized carbons (Fsp3) is 0.235. The fourth-order valence-electron chi connectivity index (χ4n) is 2.59. The largest absolute Gasteiger partial charge is 0.399 e. The maximum atomic E-state index is 5.75. The first-order valence-corrected chi connectivity index (χ1v) is 6.89. The van der Waals surface area contributed by atoms with Gasteiger partial charge in [-0.2, -0.15) is 0 Å². The van der Waals surface area contributed by atoms with Crippen LogP contribution >= 0.6 is 0 Å². The molecule has 0 aliphatic carbocycles. The van der Waals surface area contributed by atoms with E-state index in [1.165, 1.54) is 11.1 Å². The molecule has 0 saturated heterocycles. The van der Waals surface area contributed by atoms with Gasteiger partial charge in [-0.25, -0.2) is 4.98 Å². The van der Waals surface area contributed by atoms with Crippen molar-refractivity contribution >= 4 is 16.7 Å². The van der Waals surface area contributed by atoms with E-state index in [4.69, 9.17) is 10.7 Å². The van der Waals surface area contributed by atoms with Crippen molar-refractivity contribution in [1.82, 2.24) is 9.55 Å². The Hall–Kier alpha value is -2.29. The van der Waals surface area contributed by atoms with Crippen molar-refractivity contribution in [3.05, 3.63) is 48.0 Å². The van der Waals surface area contributed by atoms with Crippen LogP contribution in [0.4, 0.5) is 5.69 Å². The minimum atomic E-state index is 0.466. The van der Waals surface area contributed by atoms with Gasteiger partial charge in [0, 0.05) is 18.3 Å². The number of nitrogens with zero attached hydrogens (tertiary/aromatic N) is 2. The van der Waals surface area contributed by atoms with Crippen LogP contribution in [0.3, 0.4) is 0 Å². The van der Waals surface area contributed by atoms with Crippen molar-refractivity contribution < 1.29 is 0 Å². The maximum absolute atomic E-state index is 5.75. The summed E-state index contributed by atoms with van der Waals surface area (Å²) in [5.74, 6) is 1.45. The van der Waals surface area contributed by atoms with Crippen LogP contribution in [0.5, 0.6) is 0 Å². The van der Waals surface area contributed by atoms with E-state index in [1.807, 2.05) is 24.3 Å². The van der Waals surface area contributed by atoms with E-state index < -0.39 is 0 Å². The third-order valence-electron chi connectivity index (χ3n) is 3.73. The first kappa shape index (κ1) is 12.7. The smallest absolute Gasteiger partial charge is 0.140 e. The number of fused-ring (bicyclic) bond motifs is 1. The topological polar surface area (TPSA) is 43.8 Å². The Morgan fingerprint density at radius 3 is 2.40 bits per heavy atom. The van der Waals surface area contributed by atoms with Gasteiger partial charge in [-0.3, -0.25) is 0 Å². The first-order chi connectivity index (χ1) is 9.58. The number of benzene rings is 2. The second kappa shape index (κ2) is 4.67. The van der Waals surface area contributed by atoms with E-state index in [-0.39, 0.29) is 0 Å². The van der Waals surface area contributed by atoms with Crippen LogP contribution in [0.25, 0.3) is 22.4 Å². The summed E-state index contributed by atoms with van der Waals surface area (Å²) in [6.45, 7) is 4.40. The van der Waals surface area contributed by atoms with Gasteiger partial charge in [-0.05, 0) is 41.8 Å². The number of para-hydroxylation sites is 1. The Labute approximate surface area is 119 Å². The molecular formula is C17H19N3. The van der Waals surface area contributed by atoms with Crippen LogP contribution < -0.4 is 5.73 Å². The molecule has 1 aromatic heterocycles. The summed E-state index contributed by atoms with van der Waals surface area (Å²) in [6, 6.07) is 14.3. The highest BCUT2D eigenvalue weighted by molar-refractivity contribution is 5.84. The number of nitrogen functional groups attached to an aromatic ring is 1. The molecule has 0 fully saturated rings. The quantitative estimate of drug-likeness (QED) is 0.713. The maximum Gasteiger partial charge on any atom is 0.140 e. The Morgan fingerprint density at radius 2 is 1.75 bits per heavy atom. The van der Waals surface area contributed by atoms with Gasteiger partial charge in [-0.15, -0.1) is 0 Å². The van der Waals surface area contributed by atoms with E-state index in [1.54, 1.807) is 0 Å². The predicted molar refractivity (Wildman–Crippen MR) is 84.7 cm³/mol. The summed E-state index contributed by atoms with van der Waals surface area (Å²) >= 11 is 0. The van der Waals surface area contributed by atoms with Crippen molar-refractivity contribution in [2.45, 2.75) is 19.8 Å². The van der Waals surface area contributed by atoms with Crippen molar-refractivity contribution in [3.63, 3.8) is 0 Å². The minimum Gasteiger partial charge on any atom is -0.399 e. The summed E-state index contributed by atoms with van der Waals surface area (Å²) in [6.07, 6.45) is 0. The second-order valence-electron chi connectivity index (χ2n) is 5.49. The normalized spacial score (nSPS) is 11.4. The fourth-order valence-corrected chi connectivity index (χ4v) is 2.59. The third-order valence-corrected chi connectivity index (χ3v) is 3.73. The zero-order valence-electron chi connectivity index (χ0n) is 12.1. The molecule has 0 unspecified atom stereocenters. The molecule has 0 atom stereocenters. The standard InChI is InChI=1S/C17H19N3/c1-11(2)14-5-4-6-15-16(14)19-17(20(15)3)12-7-9-13(18)10-8-12/h4-11H,18H2,1-3H3. The number of aromatic nitrogens is 2. The molecule has 1 heterocycles. The molecule has 3 nitrogen and oxygen atoms in total. The highest BCUT2D eigenvalue weighted by Gasteiger charge is 2.13. The first-order valence-electron chi connectivity index (χ1n) is 6.89. The Balaban J connectivity index is 2.25. The SMILES string of the molecule is CC(C)c1cccc2c1nc(-c1ccc(N)cc1)n2C. The summed E-state index contributed by atoms with van der Waals surface area (Å²) in [7, 11) is 2.06. The molecule has 0 spiro atoms. The lowest BCUT2D eigenvalue weighted by Gasteiger charge is -2.05. The van der Waals surface area contributed by atoms with Gasteiger partial charge < -0.3 is 10.3 Å². The molecule has 0 amide bonds. The van der Waals surface area contributed by atoms with Crippen LogP contribution in [-0.4, -0.2) is 9.55 Å². The monoisotopic (exact) mass is 265 g/mol. The van der Waals surface area contributed by atoms with E-state index in [2.05, 4.69) is 43.7 Å². The summed E-state index contributed by atoms with van der Waals surface area (Å²) in [5, 5.41) is 0. The number of nitrogens with two attached hydrogens (primary N) is 1. The zero-order valence-corrected chi connectivity index (χ0v) is 12.1. The summed E-state index contributed by atoms with van der Waals surface area (Å²) in [5.41, 5.74) is 11.2. The number of hydrogen-bond donors (Lipinski definition) is 1. The molecule has 20 heavy (non-hydrogen) atoms. The van der Waals surface area contributed by atoms with Crippen LogP contribution in [0, 0.1) is 0 Å². The van der Waals surface area contributed by atoms with E-state index >= 15 is 0 Å². The lowest BCUT2D eigenvalue weighted by Crippen LogP contribution is -1.93. The Bertz CT molecular complexity index is 752. The molecule has 3 rings (SSSR count). The molecule has 2 N–H and O–H groups in total. The van der Waals surface area contributed by atoms with Gasteiger partial charge in [0.1, 0.15) is 5.82 Å². The van der Waals surface area contributed by atoms with Gasteiger partial charge in [0.2, 0.25) is 0 Å². The minimum absolute atomic E-state index is 0.466. The van der Waals surface area contributed by atoms with Crippen LogP contribution in [-0.2, 0) is 7.05 Å². The van der Waals surface area contributed by atoms with Gasteiger partial charge in [0.15, 0.2) is 0 Å². The van der Waals surface area contributed by atoms with Crippen molar-refractivity contribution in [3.8, 4) is 11.4 Å². The molecule has 3 aromatic rings. The van der Waals surface area contributed by atoms with Gasteiger partial charge in [-0.1, -0.05) is 26.0 Å². The van der Waals surface area contributed by atoms with Crippen LogP contribution in [0.15, 0.2) is 42.5 Å². The lowest BCUT2D eigenvalue weighted by molar-refractivity contribution is 0.873. The highest BCUT2D eigenvalue weighted by atomic mass is 15.1. The van der Waals surface area contributed by atoms with Crippen molar-refractivity contribution in [2.24, 2.45) is 7.05 Å². The number of imidazole rings is 1. The predicted octanol–water partition coefficient (Wildman–Crippen LogP) is 3.95. The second-order valence-corrected chi connectivity index (χ2v) is 5.49. The Morgan fingerprint density at radius 1 is 1.05 bits per heavy atom. The number of anilines is 1. The van der Waals surface area contributed by atoms with Crippen molar-refractivity contribution in [1.29, 1.82) is 0 Å². The summed E-state index contributed by atoms with van der Waals surface area (Å²) < 4.78 is 2.15. The van der Waals surface area contributed by atoms with E-state index in [0.29, 0.717) is 5.92 Å². The Kier molecular flexibility index (Phi) is 2.97. The van der Waals surface area contributed by atoms with E-state index in [0.717, 1.165) is 22.6 Å². The molecular weight excluding hydrogens is 246 g/mol. The lowest BCUT2D eigenvalue weighted by atomic mass is 10.0. The highest BCUT2D eigenvalue weighted by Crippen LogP contribution is 2.29. The zero-order chi connectivity index (χ0) is 14.3. The van der Waals surface area contributed by atoms with E-state index in [9.17, 15) is 0 Å². The average Bonchev–Trinajstić information content (AvgIpc) is 2.77. The molecule has 0 saturated carbocycles. The van der Waals surface area contributed by atoms with Gasteiger partial charge in [0.25, 0.3) is 0 Å². The summed E-state index contributed by atoms with van der Waals surface area (Å²) in [4.78, 5) is 4.86. The molecule has 0 aliphatic heterocycles. The van der Waals surface area contributed by atoms with Gasteiger partial charge >= 0.3 is 0 Å². The molecule has 0 radical (unpaired) electrons. The molecule has 0 aliphatic rings. The third kappa shape index (κ3) is 1.95. The number of hydrogen-bond acceptors (Lipinski definition) is 2. The molecule has 0 bridgehead atoms. The number of rotatable bonds is 2. The molecule has 102 valence electrons. The molecule has 2 aromatic carbocycles. The van der Waals surface area contributed by atoms with Crippen molar-refractivity contribution in [2.75, 3.05) is 5.73 Å². The molecule has 3 heteroatoms. The number of aryl methyl sites for hydroxylation is 1.